The molecule has 0 N–H and O–H groups in total. The van der Waals surface area contributed by atoms with Crippen LogP contribution in [0, 0.1) is 5.82 Å². The first-order valence-corrected chi connectivity index (χ1v) is 11.1. The zero-order chi connectivity index (χ0) is 24.8. The number of amides is 2. The Kier molecular flexibility index (Phi) is 7.57. The van der Waals surface area contributed by atoms with Crippen LogP contribution in [0.3, 0.4) is 0 Å². The van der Waals surface area contributed by atoms with E-state index in [0.29, 0.717) is 34.8 Å². The van der Waals surface area contributed by atoms with Crippen molar-refractivity contribution in [3.05, 3.63) is 89.6 Å². The predicted octanol–water partition coefficient (Wildman–Crippen LogP) is 3.89. The lowest BCUT2D eigenvalue weighted by atomic mass is 10.0. The van der Waals surface area contributed by atoms with E-state index < -0.39 is 6.04 Å². The maximum atomic E-state index is 13.5. The molecule has 4 rings (SSSR count). The van der Waals surface area contributed by atoms with E-state index in [1.165, 1.54) is 35.4 Å². The zero-order valence-electron chi connectivity index (χ0n) is 19.5. The lowest BCUT2D eigenvalue weighted by Crippen LogP contribution is -2.42. The third-order valence-electron chi connectivity index (χ3n) is 5.73. The number of hydrazone groups is 1. The lowest BCUT2D eigenvalue weighted by Gasteiger charge is -2.26. The summed E-state index contributed by atoms with van der Waals surface area (Å²) < 4.78 is 29.3. The highest BCUT2D eigenvalue weighted by atomic mass is 19.1. The van der Waals surface area contributed by atoms with Gasteiger partial charge in [0.05, 0.1) is 25.7 Å². The minimum atomic E-state index is -0.474. The topological polar surface area (TPSA) is 84.6 Å². The fourth-order valence-electron chi connectivity index (χ4n) is 3.87. The number of nitrogens with zero attached hydrogens (tertiary/aromatic N) is 3. The number of benzene rings is 2. The lowest BCUT2D eigenvalue weighted by molar-refractivity contribution is -0.134. The first kappa shape index (κ1) is 24.2. The maximum Gasteiger partial charge on any atom is 0.262 e. The summed E-state index contributed by atoms with van der Waals surface area (Å²) in [5.74, 6) is 0.163. The van der Waals surface area contributed by atoms with Gasteiger partial charge in [-0.3, -0.25) is 9.59 Å². The summed E-state index contributed by atoms with van der Waals surface area (Å²) >= 11 is 0. The first-order chi connectivity index (χ1) is 17.0. The molecule has 1 aliphatic heterocycles. The highest BCUT2D eigenvalue weighted by Gasteiger charge is 2.36. The zero-order valence-corrected chi connectivity index (χ0v) is 19.5. The molecule has 2 aromatic carbocycles. The monoisotopic (exact) mass is 479 g/mol. The highest BCUT2D eigenvalue weighted by Crippen LogP contribution is 2.33. The van der Waals surface area contributed by atoms with Gasteiger partial charge in [-0.15, -0.1) is 0 Å². The largest absolute Gasteiger partial charge is 0.497 e. The van der Waals surface area contributed by atoms with Crippen LogP contribution in [0.15, 0.2) is 76.4 Å². The minimum Gasteiger partial charge on any atom is -0.497 e. The molecule has 0 saturated heterocycles. The molecule has 8 nitrogen and oxygen atoms in total. The van der Waals surface area contributed by atoms with Crippen molar-refractivity contribution in [2.75, 3.05) is 33.9 Å². The van der Waals surface area contributed by atoms with Crippen molar-refractivity contribution in [2.45, 2.75) is 12.5 Å². The molecule has 9 heteroatoms. The third-order valence-corrected chi connectivity index (χ3v) is 5.73. The van der Waals surface area contributed by atoms with Crippen molar-refractivity contribution in [1.82, 2.24) is 9.91 Å². The summed E-state index contributed by atoms with van der Waals surface area (Å²) in [6, 6.07) is 15.7. The number of hydrogen-bond donors (Lipinski definition) is 0. The van der Waals surface area contributed by atoms with Crippen molar-refractivity contribution in [3.63, 3.8) is 0 Å². The Morgan fingerprint density at radius 1 is 1.11 bits per heavy atom. The molecule has 1 unspecified atom stereocenters. The molecular weight excluding hydrogens is 453 g/mol. The van der Waals surface area contributed by atoms with Gasteiger partial charge < -0.3 is 18.8 Å². The second-order valence-corrected chi connectivity index (χ2v) is 7.98. The molecule has 1 aromatic heterocycles. The number of rotatable bonds is 9. The van der Waals surface area contributed by atoms with E-state index in [1.54, 1.807) is 55.6 Å². The summed E-state index contributed by atoms with van der Waals surface area (Å²) in [7, 11) is 3.08. The molecule has 1 aliphatic rings. The predicted molar refractivity (Wildman–Crippen MR) is 127 cm³/mol. The van der Waals surface area contributed by atoms with E-state index in [1.807, 2.05) is 0 Å². The van der Waals surface area contributed by atoms with Crippen LogP contribution in [0.4, 0.5) is 4.39 Å². The first-order valence-electron chi connectivity index (χ1n) is 11.1. The Morgan fingerprint density at radius 2 is 1.86 bits per heavy atom. The van der Waals surface area contributed by atoms with Crippen molar-refractivity contribution in [1.29, 1.82) is 0 Å². The van der Waals surface area contributed by atoms with Crippen LogP contribution in [0.2, 0.25) is 0 Å². The van der Waals surface area contributed by atoms with Crippen molar-refractivity contribution >= 4 is 17.5 Å². The Labute approximate surface area is 202 Å². The van der Waals surface area contributed by atoms with E-state index >= 15 is 0 Å². The molecular formula is C26H26FN3O5. The van der Waals surface area contributed by atoms with Gasteiger partial charge in [-0.25, -0.2) is 9.40 Å². The van der Waals surface area contributed by atoms with Crippen LogP contribution < -0.4 is 4.74 Å². The van der Waals surface area contributed by atoms with Gasteiger partial charge in [-0.2, -0.15) is 5.10 Å². The van der Waals surface area contributed by atoms with Gasteiger partial charge in [0, 0.05) is 25.6 Å². The third kappa shape index (κ3) is 5.58. The molecule has 0 bridgehead atoms. The van der Waals surface area contributed by atoms with Gasteiger partial charge in [0.2, 0.25) is 0 Å². The van der Waals surface area contributed by atoms with Gasteiger partial charge in [-0.05, 0) is 54.1 Å². The number of furan rings is 1. The van der Waals surface area contributed by atoms with Gasteiger partial charge >= 0.3 is 0 Å². The minimum absolute atomic E-state index is 0.203. The molecule has 0 saturated carbocycles. The van der Waals surface area contributed by atoms with Crippen LogP contribution in [-0.2, 0) is 9.53 Å². The van der Waals surface area contributed by atoms with Crippen molar-refractivity contribution < 1.29 is 27.9 Å². The number of halogens is 1. The molecule has 3 aromatic rings. The van der Waals surface area contributed by atoms with Crippen LogP contribution in [0.25, 0.3) is 0 Å². The van der Waals surface area contributed by atoms with Gasteiger partial charge in [0.15, 0.2) is 0 Å². The normalized spacial score (nSPS) is 15.1. The standard InChI is InChI=1S/C26H26FN3O5/c1-33-15-13-29(26(32)19-7-11-21(34-2)12-8-19)17-25(31)30-23(24-4-3-14-35-24)16-22(28-30)18-5-9-20(27)10-6-18/h3-12,14,23H,13,15-17H2,1-2H3. The van der Waals surface area contributed by atoms with Gasteiger partial charge in [0.25, 0.3) is 11.8 Å². The molecule has 2 heterocycles. The number of carbonyl (C=O) groups excluding carboxylic acids is 2. The number of carbonyl (C=O) groups is 2. The SMILES string of the molecule is COCCN(CC(=O)N1N=C(c2ccc(F)cc2)CC1c1ccco1)C(=O)c1ccc(OC)cc1. The highest BCUT2D eigenvalue weighted by molar-refractivity contribution is 6.03. The maximum absolute atomic E-state index is 13.5. The molecule has 35 heavy (non-hydrogen) atoms. The average Bonchev–Trinajstić information content (AvgIpc) is 3.57. The summed E-state index contributed by atoms with van der Waals surface area (Å²) in [4.78, 5) is 28.1. The molecule has 0 fully saturated rings. The molecule has 0 radical (unpaired) electrons. The summed E-state index contributed by atoms with van der Waals surface area (Å²) in [6.45, 7) is 0.285. The molecule has 2 amide bonds. The second kappa shape index (κ2) is 11.0. The van der Waals surface area contributed by atoms with Crippen molar-refractivity contribution in [3.8, 4) is 5.75 Å². The average molecular weight is 480 g/mol. The van der Waals surface area contributed by atoms with E-state index in [0.717, 1.165) is 0 Å². The Balaban J connectivity index is 1.58. The van der Waals surface area contributed by atoms with Gasteiger partial charge in [-0.1, -0.05) is 12.1 Å². The molecule has 0 spiro atoms. The summed E-state index contributed by atoms with van der Waals surface area (Å²) in [5, 5.41) is 5.89. The van der Waals surface area contributed by atoms with Crippen LogP contribution in [0.5, 0.6) is 5.75 Å². The Bertz CT molecular complexity index is 1180. The second-order valence-electron chi connectivity index (χ2n) is 7.98. The number of methoxy groups -OCH3 is 2. The summed E-state index contributed by atoms with van der Waals surface area (Å²) in [5.41, 5.74) is 1.77. The summed E-state index contributed by atoms with van der Waals surface area (Å²) in [6.07, 6.45) is 1.93. The van der Waals surface area contributed by atoms with E-state index in [9.17, 15) is 14.0 Å². The number of hydrogen-bond acceptors (Lipinski definition) is 6. The van der Waals surface area contributed by atoms with E-state index in [-0.39, 0.29) is 37.3 Å². The fourth-order valence-corrected chi connectivity index (χ4v) is 3.87. The molecule has 0 aliphatic carbocycles. The Hall–Kier alpha value is -3.98. The number of ether oxygens (including phenoxy) is 2. The van der Waals surface area contributed by atoms with E-state index in [2.05, 4.69) is 5.10 Å². The van der Waals surface area contributed by atoms with Gasteiger partial charge in [0.1, 0.15) is 29.9 Å². The van der Waals surface area contributed by atoms with E-state index in [4.69, 9.17) is 13.9 Å². The van der Waals surface area contributed by atoms with Crippen molar-refractivity contribution in [2.24, 2.45) is 5.10 Å². The fraction of sp³-hybridized carbons (Fsp3) is 0.269. The molecule has 182 valence electrons. The van der Waals surface area contributed by atoms with Crippen LogP contribution >= 0.6 is 0 Å². The molecule has 1 atom stereocenters. The quantitative estimate of drug-likeness (QED) is 0.465. The Morgan fingerprint density at radius 3 is 2.49 bits per heavy atom. The van der Waals surface area contributed by atoms with Crippen LogP contribution in [-0.4, -0.2) is 61.4 Å². The van der Waals surface area contributed by atoms with Crippen LogP contribution in [0.1, 0.15) is 34.1 Å². The smallest absolute Gasteiger partial charge is 0.262 e.